The largest absolute Gasteiger partial charge is 0.492 e. The van der Waals surface area contributed by atoms with E-state index in [4.69, 9.17) is 16.3 Å². The van der Waals surface area contributed by atoms with Crippen molar-refractivity contribution < 1.29 is 14.6 Å². The molecule has 0 saturated carbocycles. The summed E-state index contributed by atoms with van der Waals surface area (Å²) in [5, 5.41) is 11.5. The molecule has 136 valence electrons. The number of carbonyl (C=O) groups is 1. The van der Waals surface area contributed by atoms with Crippen molar-refractivity contribution in [2.75, 3.05) is 6.61 Å². The first-order valence-corrected chi connectivity index (χ1v) is 9.28. The van der Waals surface area contributed by atoms with E-state index in [1.165, 1.54) is 21.3 Å². The van der Waals surface area contributed by atoms with E-state index < -0.39 is 5.97 Å². The van der Waals surface area contributed by atoms with Gasteiger partial charge in [-0.25, -0.2) is 9.78 Å². The Bertz CT molecular complexity index is 1010. The van der Waals surface area contributed by atoms with Crippen LogP contribution in [0.25, 0.3) is 10.2 Å². The lowest BCUT2D eigenvalue weighted by Gasteiger charge is -2.15. The van der Waals surface area contributed by atoms with Crippen molar-refractivity contribution in [2.24, 2.45) is 0 Å². The van der Waals surface area contributed by atoms with E-state index in [9.17, 15) is 14.7 Å². The number of hydrogen-bond acceptors (Lipinski definition) is 5. The lowest BCUT2D eigenvalue weighted by Crippen LogP contribution is -2.28. The van der Waals surface area contributed by atoms with Crippen LogP contribution < -0.4 is 10.3 Å². The van der Waals surface area contributed by atoms with Crippen molar-refractivity contribution in [3.63, 3.8) is 0 Å². The number of hydrogen-bond donors (Lipinski definition) is 1. The Hall–Kier alpha value is -2.38. The third-order valence-electron chi connectivity index (χ3n) is 3.87. The van der Waals surface area contributed by atoms with E-state index in [-0.39, 0.29) is 35.6 Å². The maximum absolute atomic E-state index is 12.9. The molecule has 26 heavy (non-hydrogen) atoms. The smallest absolute Gasteiger partial charge is 0.337 e. The summed E-state index contributed by atoms with van der Waals surface area (Å²) in [6.45, 7) is 4.40. The predicted octanol–water partition coefficient (Wildman–Crippen LogP) is 4.01. The Morgan fingerprint density at radius 1 is 1.35 bits per heavy atom. The van der Waals surface area contributed by atoms with Gasteiger partial charge in [0, 0.05) is 16.3 Å². The van der Waals surface area contributed by atoms with Crippen molar-refractivity contribution >= 4 is 39.1 Å². The number of carboxylic acid groups (broad SMARTS) is 1. The van der Waals surface area contributed by atoms with Crippen molar-refractivity contribution in [1.82, 2.24) is 9.55 Å². The monoisotopic (exact) mass is 392 g/mol. The second-order valence-corrected chi connectivity index (χ2v) is 7.31. The number of carboxylic acids is 1. The van der Waals surface area contributed by atoms with Gasteiger partial charge in [-0.1, -0.05) is 25.4 Å². The summed E-state index contributed by atoms with van der Waals surface area (Å²) in [4.78, 5) is 29.3. The summed E-state index contributed by atoms with van der Waals surface area (Å²) in [6.07, 6.45) is 0. The molecule has 3 rings (SSSR count). The molecule has 3 aromatic rings. The lowest BCUT2D eigenvalue weighted by atomic mass is 10.2. The molecule has 1 aromatic carbocycles. The first-order chi connectivity index (χ1) is 12.4. The molecule has 0 radical (unpaired) electrons. The van der Waals surface area contributed by atoms with E-state index in [1.54, 1.807) is 24.3 Å². The Labute approximate surface area is 158 Å². The summed E-state index contributed by atoms with van der Waals surface area (Å²) < 4.78 is 7.17. The molecule has 2 aromatic heterocycles. The minimum absolute atomic E-state index is 0.00910. The SMILES string of the molecule is CC(C)c1nc2scc(C(=O)O)c2c(=O)n1CCOc1ccc(Cl)cc1. The zero-order valence-corrected chi connectivity index (χ0v) is 15.8. The minimum atomic E-state index is -1.13. The standard InChI is InChI=1S/C18H17ClN2O4S/c1-10(2)15-20-16-14(13(9-26-16)18(23)24)17(22)21(15)7-8-25-12-5-3-11(19)4-6-12/h3-6,9-10H,7-8H2,1-2H3,(H,23,24). The number of thiophene rings is 1. The van der Waals surface area contributed by atoms with Crippen LogP contribution in [0.2, 0.25) is 5.02 Å². The molecule has 0 fully saturated rings. The van der Waals surface area contributed by atoms with Crippen molar-refractivity contribution in [1.29, 1.82) is 0 Å². The fraction of sp³-hybridized carbons (Fsp3) is 0.278. The Kier molecular flexibility index (Phi) is 5.29. The van der Waals surface area contributed by atoms with Gasteiger partial charge in [-0.3, -0.25) is 9.36 Å². The van der Waals surface area contributed by atoms with Crippen molar-refractivity contribution in [2.45, 2.75) is 26.3 Å². The first kappa shape index (κ1) is 18.4. The highest BCUT2D eigenvalue weighted by molar-refractivity contribution is 7.17. The molecule has 0 amide bonds. The van der Waals surface area contributed by atoms with Crippen LogP contribution in [-0.4, -0.2) is 27.2 Å². The van der Waals surface area contributed by atoms with E-state index in [2.05, 4.69) is 4.98 Å². The van der Waals surface area contributed by atoms with Gasteiger partial charge in [0.15, 0.2) is 0 Å². The number of aromatic nitrogens is 2. The number of rotatable bonds is 6. The average Bonchev–Trinajstić information content (AvgIpc) is 3.02. The van der Waals surface area contributed by atoms with Gasteiger partial charge in [-0.15, -0.1) is 11.3 Å². The third-order valence-corrected chi connectivity index (χ3v) is 4.99. The van der Waals surface area contributed by atoms with Crippen LogP contribution in [-0.2, 0) is 6.54 Å². The molecule has 0 atom stereocenters. The zero-order valence-electron chi connectivity index (χ0n) is 14.2. The zero-order chi connectivity index (χ0) is 18.8. The number of fused-ring (bicyclic) bond motifs is 1. The highest BCUT2D eigenvalue weighted by Crippen LogP contribution is 2.24. The molecular formula is C18H17ClN2O4S. The van der Waals surface area contributed by atoms with Gasteiger partial charge in [0.25, 0.3) is 5.56 Å². The maximum atomic E-state index is 12.9. The minimum Gasteiger partial charge on any atom is -0.492 e. The van der Waals surface area contributed by atoms with Crippen LogP contribution in [0.15, 0.2) is 34.4 Å². The van der Waals surface area contributed by atoms with Gasteiger partial charge in [-0.2, -0.15) is 0 Å². The normalized spacial score (nSPS) is 11.2. The summed E-state index contributed by atoms with van der Waals surface area (Å²) in [5.74, 6) is 0.139. The van der Waals surface area contributed by atoms with Crippen LogP contribution in [0.5, 0.6) is 5.75 Å². The van der Waals surface area contributed by atoms with Crippen LogP contribution in [0, 0.1) is 0 Å². The second-order valence-electron chi connectivity index (χ2n) is 6.02. The topological polar surface area (TPSA) is 81.4 Å². The molecule has 0 aliphatic heterocycles. The summed E-state index contributed by atoms with van der Waals surface area (Å²) in [7, 11) is 0. The second kappa shape index (κ2) is 7.47. The van der Waals surface area contributed by atoms with E-state index in [0.29, 0.717) is 21.4 Å². The molecule has 8 heteroatoms. The van der Waals surface area contributed by atoms with E-state index in [1.807, 2.05) is 13.8 Å². The van der Waals surface area contributed by atoms with E-state index in [0.717, 1.165) is 0 Å². The van der Waals surface area contributed by atoms with Crippen LogP contribution in [0.1, 0.15) is 35.9 Å². The van der Waals surface area contributed by atoms with Crippen molar-refractivity contribution in [3.8, 4) is 5.75 Å². The molecule has 0 aliphatic rings. The van der Waals surface area contributed by atoms with Crippen LogP contribution in [0.3, 0.4) is 0 Å². The molecular weight excluding hydrogens is 376 g/mol. The first-order valence-electron chi connectivity index (χ1n) is 8.02. The van der Waals surface area contributed by atoms with Gasteiger partial charge in [0.1, 0.15) is 23.0 Å². The molecule has 0 unspecified atom stereocenters. The molecule has 2 heterocycles. The lowest BCUT2D eigenvalue weighted by molar-refractivity contribution is 0.0699. The molecule has 6 nitrogen and oxygen atoms in total. The quantitative estimate of drug-likeness (QED) is 0.685. The van der Waals surface area contributed by atoms with E-state index >= 15 is 0 Å². The number of aromatic carboxylic acids is 1. The van der Waals surface area contributed by atoms with Gasteiger partial charge < -0.3 is 9.84 Å². The Morgan fingerprint density at radius 3 is 2.65 bits per heavy atom. The average molecular weight is 393 g/mol. The summed E-state index contributed by atoms with van der Waals surface area (Å²) in [5.41, 5.74) is -0.359. The molecule has 0 spiro atoms. The van der Waals surface area contributed by atoms with Crippen molar-refractivity contribution in [3.05, 3.63) is 56.4 Å². The predicted molar refractivity (Wildman–Crippen MR) is 102 cm³/mol. The summed E-state index contributed by atoms with van der Waals surface area (Å²) in [6, 6.07) is 6.94. The fourth-order valence-electron chi connectivity index (χ4n) is 2.64. The highest BCUT2D eigenvalue weighted by atomic mass is 35.5. The molecule has 0 saturated heterocycles. The molecule has 0 aliphatic carbocycles. The third kappa shape index (κ3) is 3.59. The molecule has 0 bridgehead atoms. The van der Waals surface area contributed by atoms with Gasteiger partial charge >= 0.3 is 5.97 Å². The number of ether oxygens (including phenoxy) is 1. The van der Waals surface area contributed by atoms with Gasteiger partial charge in [0.05, 0.1) is 17.5 Å². The fourth-order valence-corrected chi connectivity index (χ4v) is 3.68. The maximum Gasteiger partial charge on any atom is 0.337 e. The molecule has 1 N–H and O–H groups in total. The number of benzene rings is 1. The number of nitrogens with zero attached hydrogens (tertiary/aromatic N) is 2. The Morgan fingerprint density at radius 2 is 2.04 bits per heavy atom. The Balaban J connectivity index is 1.94. The highest BCUT2D eigenvalue weighted by Gasteiger charge is 2.20. The summed E-state index contributed by atoms with van der Waals surface area (Å²) >= 11 is 7.02. The van der Waals surface area contributed by atoms with Crippen LogP contribution in [0.4, 0.5) is 0 Å². The van der Waals surface area contributed by atoms with Gasteiger partial charge in [0.2, 0.25) is 0 Å². The van der Waals surface area contributed by atoms with Crippen LogP contribution >= 0.6 is 22.9 Å². The number of halogens is 1. The van der Waals surface area contributed by atoms with Gasteiger partial charge in [-0.05, 0) is 24.3 Å².